The summed E-state index contributed by atoms with van der Waals surface area (Å²) in [6.45, 7) is 1.79. The molecular weight excluding hydrogens is 275 g/mol. The lowest BCUT2D eigenvalue weighted by Crippen LogP contribution is -2.18. The Morgan fingerprint density at radius 1 is 1.15 bits per heavy atom. The molecule has 3 rings (SSSR count). The highest BCUT2D eigenvalue weighted by Crippen LogP contribution is 2.26. The number of hydrogen-bond donors (Lipinski definition) is 0. The summed E-state index contributed by atoms with van der Waals surface area (Å²) in [5.74, 6) is -0.457. The highest BCUT2D eigenvalue weighted by molar-refractivity contribution is 7.99. The third kappa shape index (κ3) is 2.32. The summed E-state index contributed by atoms with van der Waals surface area (Å²) in [6.07, 6.45) is 1.17. The van der Waals surface area contributed by atoms with Crippen LogP contribution in [0.2, 0.25) is 0 Å². The van der Waals surface area contributed by atoms with Crippen molar-refractivity contribution in [3.05, 3.63) is 70.5 Å². The lowest BCUT2D eigenvalue weighted by Gasteiger charge is -2.07. The van der Waals surface area contributed by atoms with Crippen molar-refractivity contribution in [1.82, 2.24) is 9.38 Å². The lowest BCUT2D eigenvalue weighted by molar-refractivity contribution is 0.616. The summed E-state index contributed by atoms with van der Waals surface area (Å²) in [5, 5.41) is 0. The average Bonchev–Trinajstić information content (AvgIpc) is 2.46. The zero-order valence-corrected chi connectivity index (χ0v) is 11.5. The number of pyridine rings is 1. The van der Waals surface area contributed by atoms with E-state index in [1.165, 1.54) is 34.5 Å². The predicted molar refractivity (Wildman–Crippen MR) is 76.7 cm³/mol. The molecule has 20 heavy (non-hydrogen) atoms. The Hall–Kier alpha value is -2.14. The molecule has 0 fully saturated rings. The van der Waals surface area contributed by atoms with E-state index in [4.69, 9.17) is 0 Å². The van der Waals surface area contributed by atoms with Crippen LogP contribution >= 0.6 is 11.8 Å². The summed E-state index contributed by atoms with van der Waals surface area (Å²) in [7, 11) is 0. The molecule has 0 spiro atoms. The molecule has 100 valence electrons. The van der Waals surface area contributed by atoms with E-state index in [1.54, 1.807) is 6.92 Å². The van der Waals surface area contributed by atoms with Crippen LogP contribution in [0.1, 0.15) is 5.69 Å². The Kier molecular flexibility index (Phi) is 3.28. The maximum absolute atomic E-state index is 13.3. The molecular formula is C15H11FN2OS. The highest BCUT2D eigenvalue weighted by atomic mass is 32.2. The molecule has 2 aromatic heterocycles. The normalized spacial score (nSPS) is 10.9. The largest absolute Gasteiger partial charge is 0.272 e. The van der Waals surface area contributed by atoms with Crippen molar-refractivity contribution in [2.24, 2.45) is 0 Å². The number of benzene rings is 1. The summed E-state index contributed by atoms with van der Waals surface area (Å²) >= 11 is 1.34. The van der Waals surface area contributed by atoms with Crippen molar-refractivity contribution in [2.45, 2.75) is 16.7 Å². The van der Waals surface area contributed by atoms with Gasteiger partial charge in [0, 0.05) is 11.1 Å². The second kappa shape index (κ2) is 5.09. The SMILES string of the molecule is Cc1nc2ccc(F)cn2c(=O)c1Sc1ccccc1. The number of halogens is 1. The van der Waals surface area contributed by atoms with Gasteiger partial charge in [0.25, 0.3) is 5.56 Å². The molecule has 0 atom stereocenters. The fourth-order valence-electron chi connectivity index (χ4n) is 1.93. The highest BCUT2D eigenvalue weighted by Gasteiger charge is 2.11. The summed E-state index contributed by atoms with van der Waals surface area (Å²) in [4.78, 5) is 18.3. The van der Waals surface area contributed by atoms with Gasteiger partial charge in [0.05, 0.1) is 10.6 Å². The quantitative estimate of drug-likeness (QED) is 0.725. The second-order valence-corrected chi connectivity index (χ2v) is 5.41. The number of hydrogen-bond acceptors (Lipinski definition) is 3. The van der Waals surface area contributed by atoms with E-state index < -0.39 is 5.82 Å². The summed E-state index contributed by atoms with van der Waals surface area (Å²) < 4.78 is 14.5. The van der Waals surface area contributed by atoms with Crippen LogP contribution in [0.3, 0.4) is 0 Å². The first-order valence-electron chi connectivity index (χ1n) is 6.06. The molecule has 0 aliphatic carbocycles. The zero-order chi connectivity index (χ0) is 14.1. The van der Waals surface area contributed by atoms with Crippen molar-refractivity contribution < 1.29 is 4.39 Å². The predicted octanol–water partition coefficient (Wildman–Crippen LogP) is 3.29. The Morgan fingerprint density at radius 2 is 1.90 bits per heavy atom. The zero-order valence-electron chi connectivity index (χ0n) is 10.7. The van der Waals surface area contributed by atoms with Crippen LogP contribution in [0.4, 0.5) is 4.39 Å². The minimum atomic E-state index is -0.457. The van der Waals surface area contributed by atoms with E-state index in [1.807, 2.05) is 30.3 Å². The first kappa shape index (κ1) is 12.9. The van der Waals surface area contributed by atoms with Gasteiger partial charge in [-0.2, -0.15) is 0 Å². The van der Waals surface area contributed by atoms with Gasteiger partial charge in [-0.15, -0.1) is 0 Å². The molecule has 0 amide bonds. The van der Waals surface area contributed by atoms with Gasteiger partial charge in [0.2, 0.25) is 0 Å². The maximum atomic E-state index is 13.3. The fourth-order valence-corrected chi connectivity index (χ4v) is 2.84. The monoisotopic (exact) mass is 286 g/mol. The first-order chi connectivity index (χ1) is 9.65. The summed E-state index contributed by atoms with van der Waals surface area (Å²) in [6, 6.07) is 12.4. The fraction of sp³-hybridized carbons (Fsp3) is 0.0667. The maximum Gasteiger partial charge on any atom is 0.272 e. The molecule has 0 unspecified atom stereocenters. The number of aromatic nitrogens is 2. The smallest absolute Gasteiger partial charge is 0.268 e. The molecule has 3 nitrogen and oxygen atoms in total. The lowest BCUT2D eigenvalue weighted by atomic mass is 10.4. The first-order valence-corrected chi connectivity index (χ1v) is 6.88. The van der Waals surface area contributed by atoms with Gasteiger partial charge < -0.3 is 0 Å². The van der Waals surface area contributed by atoms with E-state index in [2.05, 4.69) is 4.98 Å². The van der Waals surface area contributed by atoms with Crippen LogP contribution in [-0.4, -0.2) is 9.38 Å². The van der Waals surface area contributed by atoms with Gasteiger partial charge >= 0.3 is 0 Å². The van der Waals surface area contributed by atoms with E-state index in [0.29, 0.717) is 16.2 Å². The van der Waals surface area contributed by atoms with Gasteiger partial charge in [0.15, 0.2) is 0 Å². The van der Waals surface area contributed by atoms with Crippen LogP contribution in [0.5, 0.6) is 0 Å². The summed E-state index contributed by atoms with van der Waals surface area (Å²) in [5.41, 5.74) is 0.850. The number of fused-ring (bicyclic) bond motifs is 1. The van der Waals surface area contributed by atoms with Crippen molar-refractivity contribution in [3.63, 3.8) is 0 Å². The molecule has 0 N–H and O–H groups in total. The minimum absolute atomic E-state index is 0.249. The molecule has 0 saturated carbocycles. The van der Waals surface area contributed by atoms with Gasteiger partial charge in [-0.25, -0.2) is 9.37 Å². The molecule has 0 aliphatic rings. The number of rotatable bonds is 2. The van der Waals surface area contributed by atoms with Crippen LogP contribution in [0.25, 0.3) is 5.65 Å². The third-order valence-corrected chi connectivity index (χ3v) is 4.06. The third-order valence-electron chi connectivity index (χ3n) is 2.88. The molecule has 1 aromatic carbocycles. The van der Waals surface area contributed by atoms with Crippen molar-refractivity contribution >= 4 is 17.4 Å². The van der Waals surface area contributed by atoms with Gasteiger partial charge in [-0.3, -0.25) is 9.20 Å². The van der Waals surface area contributed by atoms with Crippen molar-refractivity contribution in [2.75, 3.05) is 0 Å². The van der Waals surface area contributed by atoms with Crippen LogP contribution in [-0.2, 0) is 0 Å². The van der Waals surface area contributed by atoms with E-state index in [9.17, 15) is 9.18 Å². The molecule has 0 aliphatic heterocycles. The minimum Gasteiger partial charge on any atom is -0.268 e. The van der Waals surface area contributed by atoms with Gasteiger partial charge in [-0.1, -0.05) is 30.0 Å². The van der Waals surface area contributed by atoms with E-state index in [0.717, 1.165) is 4.90 Å². The molecule has 0 saturated heterocycles. The molecule has 0 bridgehead atoms. The van der Waals surface area contributed by atoms with Crippen LogP contribution in [0.15, 0.2) is 63.2 Å². The van der Waals surface area contributed by atoms with Crippen molar-refractivity contribution in [1.29, 1.82) is 0 Å². The van der Waals surface area contributed by atoms with E-state index >= 15 is 0 Å². The Morgan fingerprint density at radius 3 is 2.65 bits per heavy atom. The number of nitrogens with zero attached hydrogens (tertiary/aromatic N) is 2. The standard InChI is InChI=1S/C15H11FN2OS/c1-10-14(20-12-5-3-2-4-6-12)15(19)18-9-11(16)7-8-13(18)17-10/h2-9H,1H3. The Bertz CT molecular complexity index is 830. The van der Waals surface area contributed by atoms with Crippen molar-refractivity contribution in [3.8, 4) is 0 Å². The van der Waals surface area contributed by atoms with Gasteiger partial charge in [-0.05, 0) is 31.2 Å². The molecule has 5 heteroatoms. The topological polar surface area (TPSA) is 34.4 Å². The number of aryl methyl sites for hydroxylation is 1. The van der Waals surface area contributed by atoms with Crippen LogP contribution in [0, 0.1) is 12.7 Å². The Balaban J connectivity index is 2.18. The van der Waals surface area contributed by atoms with Crippen LogP contribution < -0.4 is 5.56 Å². The van der Waals surface area contributed by atoms with Gasteiger partial charge in [0.1, 0.15) is 11.5 Å². The average molecular weight is 286 g/mol. The second-order valence-electron chi connectivity index (χ2n) is 4.32. The molecule has 3 aromatic rings. The van der Waals surface area contributed by atoms with E-state index in [-0.39, 0.29) is 5.56 Å². The Labute approximate surface area is 119 Å². The molecule has 0 radical (unpaired) electrons. The molecule has 2 heterocycles.